The van der Waals surface area contributed by atoms with Gasteiger partial charge in [0.15, 0.2) is 0 Å². The molecule has 0 spiro atoms. The second-order valence-corrected chi connectivity index (χ2v) is 8.80. The number of rotatable bonds is 6. The summed E-state index contributed by atoms with van der Waals surface area (Å²) in [5, 5.41) is 5.81. The number of benzene rings is 1. The Labute approximate surface area is 186 Å². The molecule has 3 aromatic rings. The standard InChI is InChI=1S/C24H26N4O2S/c1-17-9-11-18(12-10-17)22(23(29)27-19-6-3-2-4-7-19)28(21-8-5-15-31-21)24(30)20-16-25-13-14-26-20/h5,8-16,19,22H,2-4,6-7H2,1H3,(H,27,29)/t22-/m1/s1. The van der Waals surface area contributed by atoms with Crippen LogP contribution in [0.3, 0.4) is 0 Å². The number of nitrogens with one attached hydrogen (secondary N) is 1. The van der Waals surface area contributed by atoms with Crippen molar-refractivity contribution in [3.63, 3.8) is 0 Å². The van der Waals surface area contributed by atoms with Crippen LogP contribution in [-0.4, -0.2) is 27.8 Å². The molecular weight excluding hydrogens is 408 g/mol. The predicted octanol–water partition coefficient (Wildman–Crippen LogP) is 4.68. The molecule has 1 aliphatic rings. The third-order valence-electron chi connectivity index (χ3n) is 5.60. The summed E-state index contributed by atoms with van der Waals surface area (Å²) in [7, 11) is 0. The van der Waals surface area contributed by atoms with E-state index in [4.69, 9.17) is 0 Å². The van der Waals surface area contributed by atoms with Crippen LogP contribution in [0.5, 0.6) is 0 Å². The van der Waals surface area contributed by atoms with Gasteiger partial charge in [-0.2, -0.15) is 0 Å². The maximum atomic E-state index is 13.6. The highest BCUT2D eigenvalue weighted by Crippen LogP contribution is 2.33. The van der Waals surface area contributed by atoms with Crippen LogP contribution in [0, 0.1) is 6.92 Å². The first-order valence-corrected chi connectivity index (χ1v) is 11.5. The zero-order valence-electron chi connectivity index (χ0n) is 17.5. The normalized spacial score (nSPS) is 15.3. The summed E-state index contributed by atoms with van der Waals surface area (Å²) in [5.41, 5.74) is 2.07. The average molecular weight is 435 g/mol. The van der Waals surface area contributed by atoms with Gasteiger partial charge in [-0.05, 0) is 42.8 Å². The third kappa shape index (κ3) is 4.99. The Morgan fingerprint density at radius 3 is 2.52 bits per heavy atom. The van der Waals surface area contributed by atoms with Crippen LogP contribution in [-0.2, 0) is 4.79 Å². The number of carbonyl (C=O) groups is 2. The monoisotopic (exact) mass is 434 g/mol. The second kappa shape index (κ2) is 9.83. The van der Waals surface area contributed by atoms with Gasteiger partial charge >= 0.3 is 0 Å². The van der Waals surface area contributed by atoms with Crippen LogP contribution in [0.4, 0.5) is 5.00 Å². The topological polar surface area (TPSA) is 75.2 Å². The fourth-order valence-corrected chi connectivity index (χ4v) is 4.73. The summed E-state index contributed by atoms with van der Waals surface area (Å²) in [6.45, 7) is 2.00. The molecule has 1 N–H and O–H groups in total. The average Bonchev–Trinajstić information content (AvgIpc) is 3.33. The van der Waals surface area contributed by atoms with E-state index < -0.39 is 6.04 Å². The molecule has 0 unspecified atom stereocenters. The van der Waals surface area contributed by atoms with E-state index in [2.05, 4.69) is 15.3 Å². The van der Waals surface area contributed by atoms with E-state index in [0.29, 0.717) is 5.00 Å². The van der Waals surface area contributed by atoms with Crippen molar-refractivity contribution in [2.45, 2.75) is 51.1 Å². The number of aryl methyl sites for hydroxylation is 1. The molecule has 2 heterocycles. The van der Waals surface area contributed by atoms with Gasteiger partial charge in [0, 0.05) is 18.4 Å². The van der Waals surface area contributed by atoms with Crippen molar-refractivity contribution >= 4 is 28.2 Å². The van der Waals surface area contributed by atoms with Crippen molar-refractivity contribution in [2.24, 2.45) is 0 Å². The molecule has 0 aliphatic heterocycles. The minimum absolute atomic E-state index is 0.144. The maximum absolute atomic E-state index is 13.6. The van der Waals surface area contributed by atoms with Gasteiger partial charge in [-0.1, -0.05) is 49.1 Å². The maximum Gasteiger partial charge on any atom is 0.280 e. The number of aromatic nitrogens is 2. The number of hydrogen-bond acceptors (Lipinski definition) is 5. The summed E-state index contributed by atoms with van der Waals surface area (Å²) in [6, 6.07) is 10.9. The lowest BCUT2D eigenvalue weighted by atomic mass is 9.94. The van der Waals surface area contributed by atoms with E-state index in [9.17, 15) is 9.59 Å². The minimum Gasteiger partial charge on any atom is -0.351 e. The smallest absolute Gasteiger partial charge is 0.280 e. The highest BCUT2D eigenvalue weighted by atomic mass is 32.1. The van der Waals surface area contributed by atoms with Crippen LogP contribution in [0.2, 0.25) is 0 Å². The summed E-state index contributed by atoms with van der Waals surface area (Å²) in [6.07, 6.45) is 9.85. The zero-order valence-corrected chi connectivity index (χ0v) is 18.3. The molecule has 160 valence electrons. The molecule has 0 saturated heterocycles. The molecule has 4 rings (SSSR count). The molecule has 1 aromatic carbocycles. The van der Waals surface area contributed by atoms with Gasteiger partial charge in [0.2, 0.25) is 5.91 Å². The summed E-state index contributed by atoms with van der Waals surface area (Å²) < 4.78 is 0. The lowest BCUT2D eigenvalue weighted by Crippen LogP contribution is -2.47. The highest BCUT2D eigenvalue weighted by molar-refractivity contribution is 7.14. The molecule has 7 heteroatoms. The minimum atomic E-state index is -0.796. The summed E-state index contributed by atoms with van der Waals surface area (Å²) in [4.78, 5) is 37.0. The Morgan fingerprint density at radius 2 is 1.87 bits per heavy atom. The van der Waals surface area contributed by atoms with Crippen LogP contribution in [0.25, 0.3) is 0 Å². The van der Waals surface area contributed by atoms with E-state index in [1.807, 2.05) is 48.7 Å². The van der Waals surface area contributed by atoms with Gasteiger partial charge in [-0.15, -0.1) is 11.3 Å². The first-order chi connectivity index (χ1) is 15.1. The number of amides is 2. The Kier molecular flexibility index (Phi) is 6.72. The molecule has 1 saturated carbocycles. The van der Waals surface area contributed by atoms with E-state index in [0.717, 1.165) is 36.8 Å². The highest BCUT2D eigenvalue weighted by Gasteiger charge is 2.35. The van der Waals surface area contributed by atoms with Gasteiger partial charge in [-0.25, -0.2) is 4.98 Å². The van der Waals surface area contributed by atoms with Crippen LogP contribution < -0.4 is 10.2 Å². The molecule has 0 radical (unpaired) electrons. The Hall–Kier alpha value is -3.06. The van der Waals surface area contributed by atoms with Gasteiger partial charge in [-0.3, -0.25) is 19.5 Å². The first kappa shape index (κ1) is 21.2. The third-order valence-corrected chi connectivity index (χ3v) is 6.46. The van der Waals surface area contributed by atoms with Crippen molar-refractivity contribution in [1.82, 2.24) is 15.3 Å². The van der Waals surface area contributed by atoms with Crippen LogP contribution >= 0.6 is 11.3 Å². The molecular formula is C24H26N4O2S. The van der Waals surface area contributed by atoms with Crippen LogP contribution in [0.15, 0.2) is 60.4 Å². The lowest BCUT2D eigenvalue weighted by molar-refractivity contribution is -0.123. The molecule has 1 fully saturated rings. The molecule has 2 amide bonds. The van der Waals surface area contributed by atoms with Gasteiger partial charge in [0.1, 0.15) is 11.7 Å². The SMILES string of the molecule is Cc1ccc([C@H](C(=O)NC2CCCCC2)N(C(=O)c2cnccn2)c2cccs2)cc1. The Morgan fingerprint density at radius 1 is 1.10 bits per heavy atom. The Balaban J connectivity index is 1.75. The fourth-order valence-electron chi connectivity index (χ4n) is 3.98. The molecule has 31 heavy (non-hydrogen) atoms. The van der Waals surface area contributed by atoms with E-state index in [1.165, 1.54) is 36.3 Å². The molecule has 0 bridgehead atoms. The molecule has 1 aliphatic carbocycles. The quantitative estimate of drug-likeness (QED) is 0.611. The van der Waals surface area contributed by atoms with Crippen molar-refractivity contribution < 1.29 is 9.59 Å². The largest absolute Gasteiger partial charge is 0.351 e. The zero-order chi connectivity index (χ0) is 21.6. The van der Waals surface area contributed by atoms with Crippen molar-refractivity contribution in [3.05, 3.63) is 77.2 Å². The van der Waals surface area contributed by atoms with Gasteiger partial charge in [0.25, 0.3) is 5.91 Å². The summed E-state index contributed by atoms with van der Waals surface area (Å²) >= 11 is 1.42. The lowest BCUT2D eigenvalue weighted by Gasteiger charge is -2.32. The number of carbonyl (C=O) groups excluding carboxylic acids is 2. The van der Waals surface area contributed by atoms with E-state index in [-0.39, 0.29) is 23.6 Å². The van der Waals surface area contributed by atoms with E-state index >= 15 is 0 Å². The number of nitrogens with zero attached hydrogens (tertiary/aromatic N) is 3. The van der Waals surface area contributed by atoms with Gasteiger partial charge in [0.05, 0.1) is 11.2 Å². The number of hydrogen-bond donors (Lipinski definition) is 1. The first-order valence-electron chi connectivity index (χ1n) is 10.6. The van der Waals surface area contributed by atoms with E-state index in [1.54, 1.807) is 4.90 Å². The Bertz CT molecular complexity index is 1000. The second-order valence-electron chi connectivity index (χ2n) is 7.87. The predicted molar refractivity (Wildman–Crippen MR) is 122 cm³/mol. The number of anilines is 1. The van der Waals surface area contributed by atoms with Crippen molar-refractivity contribution in [3.8, 4) is 0 Å². The van der Waals surface area contributed by atoms with Crippen molar-refractivity contribution in [2.75, 3.05) is 4.90 Å². The van der Waals surface area contributed by atoms with Crippen LogP contribution in [0.1, 0.15) is 59.8 Å². The fraction of sp³-hybridized carbons (Fsp3) is 0.333. The molecule has 1 atom stereocenters. The number of thiophene rings is 1. The molecule has 2 aromatic heterocycles. The summed E-state index contributed by atoms with van der Waals surface area (Å²) in [5.74, 6) is -0.513. The van der Waals surface area contributed by atoms with Gasteiger partial charge < -0.3 is 5.32 Å². The van der Waals surface area contributed by atoms with Crippen molar-refractivity contribution in [1.29, 1.82) is 0 Å². The molecule has 6 nitrogen and oxygen atoms in total.